The summed E-state index contributed by atoms with van der Waals surface area (Å²) in [6.07, 6.45) is 5.44. The van der Waals surface area contributed by atoms with Crippen molar-refractivity contribution in [3.8, 4) is 0 Å². The van der Waals surface area contributed by atoms with E-state index in [2.05, 4.69) is 6.58 Å². The van der Waals surface area contributed by atoms with Crippen LogP contribution in [0.25, 0.3) is 0 Å². The summed E-state index contributed by atoms with van der Waals surface area (Å²) in [6, 6.07) is 0. The smallest absolute Gasteiger partial charge is 0.303 e. The zero-order chi connectivity index (χ0) is 8.69. The topological polar surface area (TPSA) is 37.3 Å². The van der Waals surface area contributed by atoms with E-state index in [0.717, 1.165) is 6.42 Å². The highest BCUT2D eigenvalue weighted by Gasteiger charge is 1.92. The second kappa shape index (κ2) is 5.71. The van der Waals surface area contributed by atoms with Gasteiger partial charge in [0.25, 0.3) is 0 Å². The predicted octanol–water partition coefficient (Wildman–Crippen LogP) is 2.37. The molecule has 0 bridgehead atoms. The van der Waals surface area contributed by atoms with E-state index in [1.165, 1.54) is 5.57 Å². The molecule has 1 N–H and O–H groups in total. The molecule has 0 unspecified atom stereocenters. The molecule has 0 aliphatic heterocycles. The number of carbonyl (C=O) groups is 1. The van der Waals surface area contributed by atoms with Crippen LogP contribution in [0.1, 0.15) is 26.2 Å². The molecule has 0 spiro atoms. The van der Waals surface area contributed by atoms with E-state index in [0.29, 0.717) is 6.42 Å². The van der Waals surface area contributed by atoms with E-state index in [1.807, 2.05) is 19.1 Å². The van der Waals surface area contributed by atoms with Gasteiger partial charge >= 0.3 is 5.97 Å². The summed E-state index contributed by atoms with van der Waals surface area (Å²) in [7, 11) is 0. The lowest BCUT2D eigenvalue weighted by molar-refractivity contribution is -0.136. The molecule has 0 saturated heterocycles. The standard InChI is InChI=1S/C9H14O2/c1-3-5-8(2)6-4-7-9(10)11/h3,6H,1,4-5,7H2,2H3,(H,10,11). The van der Waals surface area contributed by atoms with Gasteiger partial charge in [0.05, 0.1) is 0 Å². The zero-order valence-electron chi connectivity index (χ0n) is 6.84. The molecule has 0 radical (unpaired) electrons. The van der Waals surface area contributed by atoms with Crippen LogP contribution in [0.15, 0.2) is 24.3 Å². The molecule has 11 heavy (non-hydrogen) atoms. The summed E-state index contributed by atoms with van der Waals surface area (Å²) in [5, 5.41) is 8.31. The molecule has 0 amide bonds. The van der Waals surface area contributed by atoms with Crippen LogP contribution in [0.3, 0.4) is 0 Å². The minimum atomic E-state index is -0.743. The molecule has 0 atom stereocenters. The Morgan fingerprint density at radius 1 is 1.64 bits per heavy atom. The summed E-state index contributed by atoms with van der Waals surface area (Å²) in [6.45, 7) is 5.56. The number of rotatable bonds is 5. The zero-order valence-corrected chi connectivity index (χ0v) is 6.84. The first-order valence-electron chi connectivity index (χ1n) is 3.65. The van der Waals surface area contributed by atoms with Crippen molar-refractivity contribution in [2.24, 2.45) is 0 Å². The molecule has 0 aromatic carbocycles. The normalized spacial score (nSPS) is 11.2. The fourth-order valence-corrected chi connectivity index (χ4v) is 0.753. The van der Waals surface area contributed by atoms with Crippen molar-refractivity contribution in [3.05, 3.63) is 24.3 Å². The summed E-state index contributed by atoms with van der Waals surface area (Å²) in [4.78, 5) is 10.1. The van der Waals surface area contributed by atoms with Crippen molar-refractivity contribution in [3.63, 3.8) is 0 Å². The molecule has 0 aliphatic carbocycles. The van der Waals surface area contributed by atoms with Crippen LogP contribution in [0, 0.1) is 0 Å². The van der Waals surface area contributed by atoms with Crippen LogP contribution in [-0.4, -0.2) is 11.1 Å². The van der Waals surface area contributed by atoms with Gasteiger partial charge in [0, 0.05) is 6.42 Å². The molecule has 0 rings (SSSR count). The number of carboxylic acids is 1. The maximum Gasteiger partial charge on any atom is 0.303 e. The van der Waals surface area contributed by atoms with E-state index in [9.17, 15) is 4.79 Å². The van der Waals surface area contributed by atoms with Crippen LogP contribution < -0.4 is 0 Å². The SMILES string of the molecule is C=CCC(C)=CCCC(=O)O. The Labute approximate surface area is 67.2 Å². The van der Waals surface area contributed by atoms with Crippen molar-refractivity contribution < 1.29 is 9.90 Å². The molecule has 0 aromatic rings. The molecule has 2 nitrogen and oxygen atoms in total. The van der Waals surface area contributed by atoms with E-state index >= 15 is 0 Å². The van der Waals surface area contributed by atoms with Gasteiger partial charge in [-0.2, -0.15) is 0 Å². The maximum absolute atomic E-state index is 10.1. The Bertz CT molecular complexity index is 168. The first-order valence-corrected chi connectivity index (χ1v) is 3.65. The second-order valence-corrected chi connectivity index (χ2v) is 2.48. The van der Waals surface area contributed by atoms with Gasteiger partial charge in [0.1, 0.15) is 0 Å². The molecule has 0 aliphatic rings. The van der Waals surface area contributed by atoms with Crippen molar-refractivity contribution in [1.29, 1.82) is 0 Å². The van der Waals surface area contributed by atoms with Crippen LogP contribution in [-0.2, 0) is 4.79 Å². The Hall–Kier alpha value is -1.05. The monoisotopic (exact) mass is 154 g/mol. The van der Waals surface area contributed by atoms with Crippen LogP contribution >= 0.6 is 0 Å². The van der Waals surface area contributed by atoms with Gasteiger partial charge in [-0.05, 0) is 19.8 Å². The largest absolute Gasteiger partial charge is 0.481 e. The number of hydrogen-bond acceptors (Lipinski definition) is 1. The Kier molecular flexibility index (Phi) is 5.17. The molecular formula is C9H14O2. The van der Waals surface area contributed by atoms with Crippen LogP contribution in [0.2, 0.25) is 0 Å². The van der Waals surface area contributed by atoms with Crippen LogP contribution in [0.5, 0.6) is 0 Å². The average Bonchev–Trinajstić information content (AvgIpc) is 1.87. The van der Waals surface area contributed by atoms with Crippen molar-refractivity contribution >= 4 is 5.97 Å². The van der Waals surface area contributed by atoms with E-state index in [4.69, 9.17) is 5.11 Å². The third-order valence-corrected chi connectivity index (χ3v) is 1.32. The quantitative estimate of drug-likeness (QED) is 0.617. The van der Waals surface area contributed by atoms with Gasteiger partial charge in [-0.1, -0.05) is 17.7 Å². The third kappa shape index (κ3) is 6.84. The van der Waals surface area contributed by atoms with Gasteiger partial charge in [-0.3, -0.25) is 4.79 Å². The Morgan fingerprint density at radius 3 is 2.73 bits per heavy atom. The van der Waals surface area contributed by atoms with E-state index in [-0.39, 0.29) is 6.42 Å². The summed E-state index contributed by atoms with van der Waals surface area (Å²) < 4.78 is 0. The highest BCUT2D eigenvalue weighted by atomic mass is 16.4. The third-order valence-electron chi connectivity index (χ3n) is 1.32. The lowest BCUT2D eigenvalue weighted by Crippen LogP contribution is -1.92. The Morgan fingerprint density at radius 2 is 2.27 bits per heavy atom. The first kappa shape index (κ1) is 9.95. The second-order valence-electron chi connectivity index (χ2n) is 2.48. The lowest BCUT2D eigenvalue weighted by atomic mass is 10.1. The van der Waals surface area contributed by atoms with Crippen LogP contribution in [0.4, 0.5) is 0 Å². The minimum absolute atomic E-state index is 0.217. The molecule has 62 valence electrons. The number of hydrogen-bond donors (Lipinski definition) is 1. The lowest BCUT2D eigenvalue weighted by Gasteiger charge is -1.93. The van der Waals surface area contributed by atoms with Gasteiger partial charge in [0.2, 0.25) is 0 Å². The fraction of sp³-hybridized carbons (Fsp3) is 0.444. The van der Waals surface area contributed by atoms with Gasteiger partial charge in [-0.15, -0.1) is 6.58 Å². The average molecular weight is 154 g/mol. The summed E-state index contributed by atoms with van der Waals surface area (Å²) in [5.41, 5.74) is 1.18. The molecule has 2 heteroatoms. The highest BCUT2D eigenvalue weighted by molar-refractivity contribution is 5.66. The van der Waals surface area contributed by atoms with Crippen molar-refractivity contribution in [2.75, 3.05) is 0 Å². The van der Waals surface area contributed by atoms with E-state index < -0.39 is 5.97 Å². The molecule has 0 aromatic heterocycles. The first-order chi connectivity index (χ1) is 5.16. The number of allylic oxidation sites excluding steroid dienone is 3. The maximum atomic E-state index is 10.1. The molecule has 0 saturated carbocycles. The fourth-order valence-electron chi connectivity index (χ4n) is 0.753. The molecular weight excluding hydrogens is 140 g/mol. The van der Waals surface area contributed by atoms with Gasteiger partial charge in [0.15, 0.2) is 0 Å². The van der Waals surface area contributed by atoms with Gasteiger partial charge in [-0.25, -0.2) is 0 Å². The summed E-state index contributed by atoms with van der Waals surface area (Å²) in [5.74, 6) is -0.743. The minimum Gasteiger partial charge on any atom is -0.481 e. The highest BCUT2D eigenvalue weighted by Crippen LogP contribution is 2.03. The van der Waals surface area contributed by atoms with Crippen molar-refractivity contribution in [1.82, 2.24) is 0 Å². The number of carboxylic acid groups (broad SMARTS) is 1. The number of aliphatic carboxylic acids is 1. The predicted molar refractivity (Wildman–Crippen MR) is 45.4 cm³/mol. The summed E-state index contributed by atoms with van der Waals surface area (Å²) >= 11 is 0. The molecule has 0 fully saturated rings. The van der Waals surface area contributed by atoms with Crippen molar-refractivity contribution in [2.45, 2.75) is 26.2 Å². The Balaban J connectivity index is 3.55. The molecule has 0 heterocycles. The van der Waals surface area contributed by atoms with E-state index in [1.54, 1.807) is 0 Å². The van der Waals surface area contributed by atoms with Gasteiger partial charge < -0.3 is 5.11 Å².